The first-order chi connectivity index (χ1) is 14.3. The first-order valence-electron chi connectivity index (χ1n) is 9.73. The Morgan fingerprint density at radius 3 is 2.53 bits per heavy atom. The van der Waals surface area contributed by atoms with Crippen molar-refractivity contribution in [2.75, 3.05) is 11.9 Å². The van der Waals surface area contributed by atoms with Crippen molar-refractivity contribution in [2.24, 2.45) is 0 Å². The molecular formula is C22H23ClFN3O3. The largest absolute Gasteiger partial charge is 0.325 e. The number of hydrogen-bond donors (Lipinski definition) is 2. The molecule has 2 aromatic carbocycles. The van der Waals surface area contributed by atoms with Crippen molar-refractivity contribution in [3.8, 4) is 0 Å². The van der Waals surface area contributed by atoms with E-state index in [2.05, 4.69) is 10.6 Å². The predicted octanol–water partition coefficient (Wildman–Crippen LogP) is 4.36. The molecule has 0 saturated carbocycles. The third-order valence-corrected chi connectivity index (χ3v) is 5.58. The van der Waals surface area contributed by atoms with Crippen LogP contribution in [0.1, 0.15) is 37.3 Å². The molecule has 0 bridgehead atoms. The lowest BCUT2D eigenvalue weighted by Crippen LogP contribution is -2.44. The van der Waals surface area contributed by atoms with E-state index < -0.39 is 35.7 Å². The number of amides is 4. The van der Waals surface area contributed by atoms with Gasteiger partial charge in [-0.1, -0.05) is 49.6 Å². The number of carbonyl (C=O) groups is 3. The number of urea groups is 1. The van der Waals surface area contributed by atoms with E-state index in [1.54, 1.807) is 18.2 Å². The first kappa shape index (κ1) is 21.8. The van der Waals surface area contributed by atoms with Crippen molar-refractivity contribution in [1.82, 2.24) is 10.2 Å². The molecule has 1 unspecified atom stereocenters. The number of anilines is 1. The lowest BCUT2D eigenvalue weighted by atomic mass is 9.85. The zero-order chi connectivity index (χ0) is 21.9. The standard InChI is InChI=1S/C22H23ClFN3O3/c1-3-4-11-22(15-6-8-16(24)9-7-15)20(29)27(21(30)26-22)13-19(28)25-17-10-5-14(2)18(23)12-17/h5-10,12H,3-4,11,13H2,1-2H3,(H,25,28)(H,26,30). The molecule has 30 heavy (non-hydrogen) atoms. The number of imide groups is 1. The zero-order valence-corrected chi connectivity index (χ0v) is 17.6. The molecule has 8 heteroatoms. The number of nitrogens with zero attached hydrogens (tertiary/aromatic N) is 1. The summed E-state index contributed by atoms with van der Waals surface area (Å²) in [6, 6.07) is 9.87. The highest BCUT2D eigenvalue weighted by atomic mass is 35.5. The molecule has 158 valence electrons. The molecule has 0 aliphatic carbocycles. The molecule has 0 spiro atoms. The highest BCUT2D eigenvalue weighted by molar-refractivity contribution is 6.31. The fourth-order valence-electron chi connectivity index (χ4n) is 3.47. The molecule has 1 heterocycles. The van der Waals surface area contributed by atoms with E-state index in [4.69, 9.17) is 11.6 Å². The van der Waals surface area contributed by atoms with E-state index in [1.807, 2.05) is 13.8 Å². The first-order valence-corrected chi connectivity index (χ1v) is 10.1. The zero-order valence-electron chi connectivity index (χ0n) is 16.8. The fourth-order valence-corrected chi connectivity index (χ4v) is 3.65. The van der Waals surface area contributed by atoms with E-state index in [-0.39, 0.29) is 0 Å². The van der Waals surface area contributed by atoms with Crippen LogP contribution in [0.2, 0.25) is 5.02 Å². The summed E-state index contributed by atoms with van der Waals surface area (Å²) in [5.74, 6) is -1.48. The van der Waals surface area contributed by atoms with Gasteiger partial charge in [0, 0.05) is 10.7 Å². The molecule has 1 fully saturated rings. The summed E-state index contributed by atoms with van der Waals surface area (Å²) in [6.07, 6.45) is 1.83. The van der Waals surface area contributed by atoms with Crippen molar-refractivity contribution in [2.45, 2.75) is 38.6 Å². The van der Waals surface area contributed by atoms with Crippen LogP contribution in [-0.4, -0.2) is 29.3 Å². The monoisotopic (exact) mass is 431 g/mol. The van der Waals surface area contributed by atoms with Gasteiger partial charge in [-0.2, -0.15) is 0 Å². The van der Waals surface area contributed by atoms with Crippen molar-refractivity contribution in [3.05, 3.63) is 64.4 Å². The van der Waals surface area contributed by atoms with Crippen molar-refractivity contribution < 1.29 is 18.8 Å². The Kier molecular flexibility index (Phi) is 6.41. The van der Waals surface area contributed by atoms with Crippen LogP contribution in [0.4, 0.5) is 14.9 Å². The topological polar surface area (TPSA) is 78.5 Å². The van der Waals surface area contributed by atoms with Crippen molar-refractivity contribution in [1.29, 1.82) is 0 Å². The van der Waals surface area contributed by atoms with E-state index in [1.165, 1.54) is 24.3 Å². The van der Waals surface area contributed by atoms with Crippen LogP contribution in [0.15, 0.2) is 42.5 Å². The number of aryl methyl sites for hydroxylation is 1. The Bertz CT molecular complexity index is 980. The number of nitrogens with one attached hydrogen (secondary N) is 2. The molecule has 1 aliphatic rings. The Morgan fingerprint density at radius 1 is 1.20 bits per heavy atom. The Labute approximate surface area is 179 Å². The highest BCUT2D eigenvalue weighted by Gasteiger charge is 2.52. The summed E-state index contributed by atoms with van der Waals surface area (Å²) in [4.78, 5) is 39.3. The van der Waals surface area contributed by atoms with Gasteiger partial charge in [-0.05, 0) is 48.7 Å². The summed E-state index contributed by atoms with van der Waals surface area (Å²) < 4.78 is 13.4. The van der Waals surface area contributed by atoms with Gasteiger partial charge in [0.15, 0.2) is 0 Å². The minimum atomic E-state index is -1.31. The van der Waals surface area contributed by atoms with Crippen LogP contribution in [-0.2, 0) is 15.1 Å². The van der Waals surface area contributed by atoms with Crippen LogP contribution in [0.3, 0.4) is 0 Å². The summed E-state index contributed by atoms with van der Waals surface area (Å²) >= 11 is 6.07. The maximum absolute atomic E-state index is 13.4. The molecule has 1 saturated heterocycles. The van der Waals surface area contributed by atoms with Crippen LogP contribution in [0, 0.1) is 12.7 Å². The number of unbranched alkanes of at least 4 members (excludes halogenated alkanes) is 1. The van der Waals surface area contributed by atoms with Crippen LogP contribution in [0.5, 0.6) is 0 Å². The second-order valence-electron chi connectivity index (χ2n) is 7.35. The van der Waals surface area contributed by atoms with Gasteiger partial charge in [-0.15, -0.1) is 0 Å². The van der Waals surface area contributed by atoms with Gasteiger partial charge in [0.25, 0.3) is 5.91 Å². The van der Waals surface area contributed by atoms with E-state index in [0.717, 1.165) is 16.9 Å². The van der Waals surface area contributed by atoms with Gasteiger partial charge < -0.3 is 10.6 Å². The van der Waals surface area contributed by atoms with Gasteiger partial charge in [-0.25, -0.2) is 9.18 Å². The minimum Gasteiger partial charge on any atom is -0.324 e. The Hall–Kier alpha value is -2.93. The SMILES string of the molecule is CCCCC1(c2ccc(F)cc2)NC(=O)N(CC(=O)Nc2ccc(C)c(Cl)c2)C1=O. The smallest absolute Gasteiger partial charge is 0.324 e. The summed E-state index contributed by atoms with van der Waals surface area (Å²) in [5.41, 5.74) is 0.514. The summed E-state index contributed by atoms with van der Waals surface area (Å²) in [6.45, 7) is 3.37. The second kappa shape index (κ2) is 8.83. The van der Waals surface area contributed by atoms with Crippen LogP contribution < -0.4 is 10.6 Å². The van der Waals surface area contributed by atoms with Crippen molar-refractivity contribution in [3.63, 3.8) is 0 Å². The third kappa shape index (κ3) is 4.31. The molecule has 3 rings (SSSR count). The average Bonchev–Trinajstić information content (AvgIpc) is 2.95. The van der Waals surface area contributed by atoms with Gasteiger partial charge in [0.1, 0.15) is 17.9 Å². The van der Waals surface area contributed by atoms with Crippen molar-refractivity contribution >= 4 is 35.1 Å². The quantitative estimate of drug-likeness (QED) is 0.639. The Morgan fingerprint density at radius 2 is 1.90 bits per heavy atom. The second-order valence-corrected chi connectivity index (χ2v) is 7.76. The fraction of sp³-hybridized carbons (Fsp3) is 0.318. The molecule has 2 N–H and O–H groups in total. The molecule has 2 aromatic rings. The number of benzene rings is 2. The van der Waals surface area contributed by atoms with Crippen LogP contribution in [0.25, 0.3) is 0 Å². The molecule has 4 amide bonds. The predicted molar refractivity (Wildman–Crippen MR) is 113 cm³/mol. The van der Waals surface area contributed by atoms with Crippen LogP contribution >= 0.6 is 11.6 Å². The minimum absolute atomic E-state index is 0.353. The molecular weight excluding hydrogens is 409 g/mol. The Balaban J connectivity index is 1.81. The van der Waals surface area contributed by atoms with Gasteiger partial charge in [0.2, 0.25) is 5.91 Å². The maximum atomic E-state index is 13.4. The summed E-state index contributed by atoms with van der Waals surface area (Å²) in [5, 5.41) is 5.88. The third-order valence-electron chi connectivity index (χ3n) is 5.18. The van der Waals surface area contributed by atoms with E-state index in [0.29, 0.717) is 29.1 Å². The number of halogens is 2. The molecule has 0 aromatic heterocycles. The molecule has 1 atom stereocenters. The van der Waals surface area contributed by atoms with Gasteiger partial charge >= 0.3 is 6.03 Å². The lowest BCUT2D eigenvalue weighted by molar-refractivity contribution is -0.134. The highest BCUT2D eigenvalue weighted by Crippen LogP contribution is 2.34. The number of carbonyl (C=O) groups excluding carboxylic acids is 3. The van der Waals surface area contributed by atoms with E-state index >= 15 is 0 Å². The average molecular weight is 432 g/mol. The number of hydrogen-bond acceptors (Lipinski definition) is 3. The molecule has 1 aliphatic heterocycles. The lowest BCUT2D eigenvalue weighted by Gasteiger charge is -2.27. The van der Waals surface area contributed by atoms with Gasteiger partial charge in [0.05, 0.1) is 0 Å². The van der Waals surface area contributed by atoms with Gasteiger partial charge in [-0.3, -0.25) is 14.5 Å². The van der Waals surface area contributed by atoms with E-state index in [9.17, 15) is 18.8 Å². The number of rotatable bonds is 7. The molecule has 0 radical (unpaired) electrons. The maximum Gasteiger partial charge on any atom is 0.325 e. The summed E-state index contributed by atoms with van der Waals surface area (Å²) in [7, 11) is 0. The normalized spacial score (nSPS) is 18.5. The molecule has 6 nitrogen and oxygen atoms in total.